The van der Waals surface area contributed by atoms with Crippen molar-refractivity contribution in [1.82, 2.24) is 4.98 Å². The van der Waals surface area contributed by atoms with Gasteiger partial charge in [-0.25, -0.2) is 4.98 Å². The highest BCUT2D eigenvalue weighted by atomic mass is 32.1. The predicted molar refractivity (Wildman–Crippen MR) is 197 cm³/mol. The van der Waals surface area contributed by atoms with Crippen LogP contribution in [0.2, 0.25) is 0 Å². The lowest BCUT2D eigenvalue weighted by Gasteiger charge is -2.25. The summed E-state index contributed by atoms with van der Waals surface area (Å²) in [6, 6.07) is 55.9. The Morgan fingerprint density at radius 2 is 1.15 bits per heavy atom. The van der Waals surface area contributed by atoms with Gasteiger partial charge in [0.05, 0.1) is 10.6 Å². The number of nitrogens with zero attached hydrogens (tertiary/aromatic N) is 2. The zero-order valence-electron chi connectivity index (χ0n) is 25.2. The van der Waals surface area contributed by atoms with Crippen LogP contribution in [0.1, 0.15) is 0 Å². The highest BCUT2D eigenvalue weighted by Gasteiger charge is 2.27. The molecule has 7 aromatic carbocycles. The summed E-state index contributed by atoms with van der Waals surface area (Å²) in [6.07, 6.45) is 0. The standard InChI is InChI=1S/C43H26N2OS/c1-3-10-28(11-4-1)43-44-41-35-24-23-32(34-15-9-16-36(40(34)35)42(41)47-43)27-18-20-30(21-19-27)45(29-12-5-2-6-13-29)31-22-25-39-37(26-31)33-14-7-8-17-38(33)46-39/h1-26H. The van der Waals surface area contributed by atoms with Crippen molar-refractivity contribution in [3.8, 4) is 43.4 Å². The van der Waals surface area contributed by atoms with E-state index in [1.54, 1.807) is 11.3 Å². The third-order valence-corrected chi connectivity index (χ3v) is 10.4. The van der Waals surface area contributed by atoms with E-state index in [0.717, 1.165) is 49.7 Å². The number of furan rings is 1. The highest BCUT2D eigenvalue weighted by Crippen LogP contribution is 2.52. The molecule has 1 aliphatic rings. The van der Waals surface area contributed by atoms with Crippen molar-refractivity contribution >= 4 is 61.1 Å². The van der Waals surface area contributed by atoms with E-state index in [9.17, 15) is 0 Å². The minimum absolute atomic E-state index is 0.895. The van der Waals surface area contributed by atoms with Gasteiger partial charge in [-0.05, 0) is 65.0 Å². The van der Waals surface area contributed by atoms with Gasteiger partial charge in [0, 0.05) is 49.9 Å². The Bertz CT molecular complexity index is 2590. The van der Waals surface area contributed by atoms with Crippen molar-refractivity contribution in [2.45, 2.75) is 0 Å². The summed E-state index contributed by atoms with van der Waals surface area (Å²) in [7, 11) is 0. The average molecular weight is 619 g/mol. The number of thiazole rings is 1. The molecule has 0 spiro atoms. The molecule has 0 atom stereocenters. The number of hydrogen-bond donors (Lipinski definition) is 0. The lowest BCUT2D eigenvalue weighted by atomic mass is 9.94. The van der Waals surface area contributed by atoms with Crippen LogP contribution in [0.5, 0.6) is 0 Å². The second kappa shape index (κ2) is 10.3. The molecule has 47 heavy (non-hydrogen) atoms. The van der Waals surface area contributed by atoms with Crippen LogP contribution >= 0.6 is 11.3 Å². The van der Waals surface area contributed by atoms with Crippen molar-refractivity contribution < 1.29 is 4.42 Å². The number of para-hydroxylation sites is 2. The van der Waals surface area contributed by atoms with Crippen molar-refractivity contribution in [3.63, 3.8) is 0 Å². The lowest BCUT2D eigenvalue weighted by molar-refractivity contribution is 0.669. The van der Waals surface area contributed by atoms with E-state index < -0.39 is 0 Å². The Morgan fingerprint density at radius 1 is 0.468 bits per heavy atom. The van der Waals surface area contributed by atoms with Crippen LogP contribution in [0.4, 0.5) is 17.1 Å². The maximum absolute atomic E-state index is 6.14. The van der Waals surface area contributed by atoms with Gasteiger partial charge in [0.25, 0.3) is 0 Å². The minimum Gasteiger partial charge on any atom is -0.456 e. The Labute approximate surface area is 275 Å². The molecular formula is C43H26N2OS. The van der Waals surface area contributed by atoms with Gasteiger partial charge in [-0.15, -0.1) is 11.3 Å². The monoisotopic (exact) mass is 618 g/mol. The van der Waals surface area contributed by atoms with Crippen molar-refractivity contribution in [2.24, 2.45) is 0 Å². The van der Waals surface area contributed by atoms with Gasteiger partial charge in [0.1, 0.15) is 16.2 Å². The fraction of sp³-hybridized carbons (Fsp3) is 0. The Hall–Kier alpha value is -5.97. The number of benzene rings is 7. The first-order chi connectivity index (χ1) is 23.3. The summed E-state index contributed by atoms with van der Waals surface area (Å²) < 4.78 is 6.14. The fourth-order valence-electron chi connectivity index (χ4n) is 7.10. The third kappa shape index (κ3) is 4.09. The van der Waals surface area contributed by atoms with E-state index in [0.29, 0.717) is 0 Å². The summed E-state index contributed by atoms with van der Waals surface area (Å²) >= 11 is 1.79. The summed E-state index contributed by atoms with van der Waals surface area (Å²) in [6.45, 7) is 0. The maximum Gasteiger partial charge on any atom is 0.135 e. The summed E-state index contributed by atoms with van der Waals surface area (Å²) in [4.78, 5) is 8.70. The molecule has 0 fully saturated rings. The Kier molecular flexibility index (Phi) is 5.74. The van der Waals surface area contributed by atoms with E-state index in [2.05, 4.69) is 150 Å². The van der Waals surface area contributed by atoms with Crippen molar-refractivity contribution in [2.75, 3.05) is 4.90 Å². The second-order valence-corrected chi connectivity index (χ2v) is 12.9. The topological polar surface area (TPSA) is 29.3 Å². The van der Waals surface area contributed by atoms with E-state index in [-0.39, 0.29) is 0 Å². The van der Waals surface area contributed by atoms with E-state index >= 15 is 0 Å². The minimum atomic E-state index is 0.895. The molecule has 0 unspecified atom stereocenters. The van der Waals surface area contributed by atoms with Gasteiger partial charge in [-0.2, -0.15) is 0 Å². The van der Waals surface area contributed by atoms with E-state index in [4.69, 9.17) is 9.40 Å². The SMILES string of the molecule is c1ccc(-c2nc3c(s2)-c2cccc4c(-c5ccc(N(c6ccccc6)c6ccc7oc8ccccc8c7c6)cc5)ccc-3c24)cc1. The number of anilines is 3. The predicted octanol–water partition coefficient (Wildman–Crippen LogP) is 12.6. The van der Waals surface area contributed by atoms with Gasteiger partial charge in [-0.3, -0.25) is 0 Å². The first-order valence-electron chi connectivity index (χ1n) is 15.8. The van der Waals surface area contributed by atoms with Crippen molar-refractivity contribution in [3.05, 3.63) is 158 Å². The first-order valence-corrected chi connectivity index (χ1v) is 16.6. The Morgan fingerprint density at radius 3 is 2.00 bits per heavy atom. The lowest BCUT2D eigenvalue weighted by Crippen LogP contribution is -2.09. The smallest absolute Gasteiger partial charge is 0.135 e. The van der Waals surface area contributed by atoms with Crippen LogP contribution in [0.3, 0.4) is 0 Å². The molecule has 1 aliphatic carbocycles. The van der Waals surface area contributed by atoms with Gasteiger partial charge in [0.2, 0.25) is 0 Å². The van der Waals surface area contributed by atoms with Gasteiger partial charge in [-0.1, -0.05) is 109 Å². The maximum atomic E-state index is 6.14. The van der Waals surface area contributed by atoms with Crippen LogP contribution in [0.25, 0.3) is 76.1 Å². The van der Waals surface area contributed by atoms with Crippen molar-refractivity contribution in [1.29, 1.82) is 0 Å². The van der Waals surface area contributed by atoms with Crippen LogP contribution in [0.15, 0.2) is 162 Å². The average Bonchev–Trinajstić information content (AvgIpc) is 3.82. The van der Waals surface area contributed by atoms with Crippen LogP contribution in [-0.4, -0.2) is 4.98 Å². The molecule has 220 valence electrons. The molecule has 9 aromatic rings. The molecule has 0 saturated carbocycles. The molecule has 0 amide bonds. The molecule has 2 heterocycles. The highest BCUT2D eigenvalue weighted by molar-refractivity contribution is 7.19. The first kappa shape index (κ1) is 26.3. The summed E-state index contributed by atoms with van der Waals surface area (Å²) in [5, 5.41) is 5.87. The van der Waals surface area contributed by atoms with E-state index in [1.807, 2.05) is 12.1 Å². The molecule has 0 saturated heterocycles. The van der Waals surface area contributed by atoms with E-state index in [1.165, 1.54) is 43.5 Å². The normalized spacial score (nSPS) is 11.8. The summed E-state index contributed by atoms with van der Waals surface area (Å²) in [5.74, 6) is 0. The van der Waals surface area contributed by atoms with Crippen LogP contribution in [0, 0.1) is 0 Å². The number of fused-ring (bicyclic) bond motifs is 6. The summed E-state index contributed by atoms with van der Waals surface area (Å²) in [5.41, 5.74) is 12.3. The molecule has 0 radical (unpaired) electrons. The third-order valence-electron chi connectivity index (χ3n) is 9.26. The quantitative estimate of drug-likeness (QED) is 0.192. The second-order valence-electron chi connectivity index (χ2n) is 11.9. The van der Waals surface area contributed by atoms with Gasteiger partial charge in [0.15, 0.2) is 0 Å². The van der Waals surface area contributed by atoms with Crippen LogP contribution in [-0.2, 0) is 0 Å². The molecule has 0 bridgehead atoms. The van der Waals surface area contributed by atoms with Gasteiger partial charge < -0.3 is 9.32 Å². The molecular weight excluding hydrogens is 593 g/mol. The molecule has 4 heteroatoms. The molecule has 0 N–H and O–H groups in total. The number of aromatic nitrogens is 1. The largest absolute Gasteiger partial charge is 0.456 e. The molecule has 2 aromatic heterocycles. The molecule has 10 rings (SSSR count). The number of rotatable bonds is 5. The number of hydrogen-bond acceptors (Lipinski definition) is 4. The molecule has 0 aliphatic heterocycles. The zero-order valence-corrected chi connectivity index (χ0v) is 26.0. The zero-order chi connectivity index (χ0) is 30.9. The molecule has 3 nitrogen and oxygen atoms in total. The fourth-order valence-corrected chi connectivity index (χ4v) is 8.22. The Balaban J connectivity index is 1.06. The van der Waals surface area contributed by atoms with Gasteiger partial charge >= 0.3 is 0 Å². The van der Waals surface area contributed by atoms with Crippen LogP contribution < -0.4 is 4.90 Å².